The molecule has 0 amide bonds. The Hall–Kier alpha value is -3.94. The summed E-state index contributed by atoms with van der Waals surface area (Å²) in [5, 5.41) is 13.5. The van der Waals surface area contributed by atoms with E-state index in [1.807, 2.05) is 29.7 Å². The third kappa shape index (κ3) is 4.07. The van der Waals surface area contributed by atoms with E-state index in [2.05, 4.69) is 15.3 Å². The van der Waals surface area contributed by atoms with Gasteiger partial charge in [0.05, 0.1) is 23.9 Å². The summed E-state index contributed by atoms with van der Waals surface area (Å²) in [7, 11) is 1.58. The number of carboxylic acids is 1. The van der Waals surface area contributed by atoms with Crippen LogP contribution in [0.5, 0.6) is 5.75 Å². The van der Waals surface area contributed by atoms with E-state index in [-0.39, 0.29) is 5.82 Å². The first-order chi connectivity index (χ1) is 16.5. The monoisotopic (exact) mass is 460 g/mol. The molecular weight excluding hydrogens is 435 g/mol. The molecule has 2 heterocycles. The zero-order valence-corrected chi connectivity index (χ0v) is 19.0. The Morgan fingerprint density at radius 3 is 2.76 bits per heavy atom. The molecule has 0 saturated heterocycles. The second kappa shape index (κ2) is 8.78. The Morgan fingerprint density at radius 1 is 1.21 bits per heavy atom. The number of nitrogens with one attached hydrogen (secondary N) is 1. The Bertz CT molecular complexity index is 1390. The molecule has 4 aromatic rings. The number of carboxylic acid groups (broad SMARTS) is 1. The standard InChI is InChI=1S/C26H25FN4O3/c1-15-11-20-23(34-2)8-7-21(27)25(20)31(15)10-9-28-24-13-22(29-14-30-24)17-5-6-18(26(32)33)19(12-17)16-3-4-16/h5-8,11-14,16H,3-4,9-10H2,1-2H3,(H,32,33)(H,28,29,30). The van der Waals surface area contributed by atoms with Crippen LogP contribution in [-0.4, -0.2) is 39.3 Å². The van der Waals surface area contributed by atoms with Crippen molar-refractivity contribution in [1.29, 1.82) is 0 Å². The molecule has 5 rings (SSSR count). The fraction of sp³-hybridized carbons (Fsp3) is 0.269. The Kier molecular flexibility index (Phi) is 5.65. The van der Waals surface area contributed by atoms with Crippen LogP contribution in [0.25, 0.3) is 22.2 Å². The summed E-state index contributed by atoms with van der Waals surface area (Å²) in [6, 6.07) is 12.2. The Morgan fingerprint density at radius 2 is 2.03 bits per heavy atom. The normalized spacial score (nSPS) is 13.3. The number of benzene rings is 2. The maximum atomic E-state index is 14.6. The number of nitrogens with zero attached hydrogens (tertiary/aromatic N) is 3. The number of rotatable bonds is 8. The molecule has 1 saturated carbocycles. The SMILES string of the molecule is COc1ccc(F)c2c1cc(C)n2CCNc1cc(-c2ccc(C(=O)O)c(C3CC3)c2)ncn1. The lowest BCUT2D eigenvalue weighted by Gasteiger charge is -2.12. The number of anilines is 1. The summed E-state index contributed by atoms with van der Waals surface area (Å²) in [6.07, 6.45) is 3.51. The van der Waals surface area contributed by atoms with Gasteiger partial charge in [-0.25, -0.2) is 19.2 Å². The number of aryl methyl sites for hydroxylation is 1. The fourth-order valence-corrected chi connectivity index (χ4v) is 4.46. The van der Waals surface area contributed by atoms with Gasteiger partial charge in [-0.1, -0.05) is 6.07 Å². The van der Waals surface area contributed by atoms with Crippen molar-refractivity contribution in [1.82, 2.24) is 14.5 Å². The van der Waals surface area contributed by atoms with Crippen molar-refractivity contribution in [3.8, 4) is 17.0 Å². The van der Waals surface area contributed by atoms with Gasteiger partial charge >= 0.3 is 5.97 Å². The number of methoxy groups -OCH3 is 1. The third-order valence-corrected chi connectivity index (χ3v) is 6.30. The highest BCUT2D eigenvalue weighted by atomic mass is 19.1. The average molecular weight is 461 g/mol. The van der Waals surface area contributed by atoms with Crippen molar-refractivity contribution in [2.45, 2.75) is 32.2 Å². The lowest BCUT2D eigenvalue weighted by Crippen LogP contribution is -2.13. The maximum absolute atomic E-state index is 14.6. The first-order valence-corrected chi connectivity index (χ1v) is 11.2. The lowest BCUT2D eigenvalue weighted by molar-refractivity contribution is 0.0695. The van der Waals surface area contributed by atoms with Crippen molar-refractivity contribution >= 4 is 22.7 Å². The summed E-state index contributed by atoms with van der Waals surface area (Å²) in [5.74, 6) is 0.410. The molecule has 0 radical (unpaired) electrons. The van der Waals surface area contributed by atoms with Gasteiger partial charge in [-0.2, -0.15) is 0 Å². The summed E-state index contributed by atoms with van der Waals surface area (Å²) < 4.78 is 21.9. The number of halogens is 1. The van der Waals surface area contributed by atoms with E-state index in [1.165, 1.54) is 12.4 Å². The van der Waals surface area contributed by atoms with E-state index in [0.717, 1.165) is 40.7 Å². The highest BCUT2D eigenvalue weighted by Gasteiger charge is 2.28. The smallest absolute Gasteiger partial charge is 0.335 e. The molecule has 8 heteroatoms. The summed E-state index contributed by atoms with van der Waals surface area (Å²) in [5.41, 5.74) is 4.26. The van der Waals surface area contributed by atoms with Gasteiger partial charge in [0.25, 0.3) is 0 Å². The van der Waals surface area contributed by atoms with Crippen molar-refractivity contribution in [3.63, 3.8) is 0 Å². The number of hydrogen-bond donors (Lipinski definition) is 2. The second-order valence-corrected chi connectivity index (χ2v) is 8.55. The van der Waals surface area contributed by atoms with Crippen LogP contribution >= 0.6 is 0 Å². The molecule has 2 aromatic heterocycles. The van der Waals surface area contributed by atoms with Crippen LogP contribution in [0.2, 0.25) is 0 Å². The molecule has 1 aliphatic rings. The van der Waals surface area contributed by atoms with E-state index < -0.39 is 5.97 Å². The van der Waals surface area contributed by atoms with E-state index in [4.69, 9.17) is 4.74 Å². The molecule has 0 aliphatic heterocycles. The van der Waals surface area contributed by atoms with Gasteiger partial charge in [0.1, 0.15) is 23.7 Å². The predicted molar refractivity (Wildman–Crippen MR) is 128 cm³/mol. The summed E-state index contributed by atoms with van der Waals surface area (Å²) >= 11 is 0. The third-order valence-electron chi connectivity index (χ3n) is 6.30. The van der Waals surface area contributed by atoms with Crippen molar-refractivity contribution in [3.05, 3.63) is 71.4 Å². The molecule has 1 fully saturated rings. The number of aromatic nitrogens is 3. The van der Waals surface area contributed by atoms with Crippen LogP contribution in [0.1, 0.15) is 40.4 Å². The van der Waals surface area contributed by atoms with Crippen molar-refractivity contribution in [2.75, 3.05) is 19.0 Å². The van der Waals surface area contributed by atoms with Gasteiger partial charge in [0.2, 0.25) is 0 Å². The number of fused-ring (bicyclic) bond motifs is 1. The highest BCUT2D eigenvalue weighted by Crippen LogP contribution is 2.43. The number of aromatic carboxylic acids is 1. The van der Waals surface area contributed by atoms with Gasteiger partial charge in [0, 0.05) is 35.8 Å². The summed E-state index contributed by atoms with van der Waals surface area (Å²) in [4.78, 5) is 20.3. The maximum Gasteiger partial charge on any atom is 0.335 e. The molecule has 0 spiro atoms. The Labute approximate surface area is 196 Å². The molecule has 174 valence electrons. The zero-order chi connectivity index (χ0) is 23.8. The Balaban J connectivity index is 1.35. The largest absolute Gasteiger partial charge is 0.496 e. The number of ether oxygens (including phenoxy) is 1. The van der Waals surface area contributed by atoms with Gasteiger partial charge in [0.15, 0.2) is 0 Å². The van der Waals surface area contributed by atoms with E-state index in [0.29, 0.717) is 41.7 Å². The molecule has 7 nitrogen and oxygen atoms in total. The molecule has 0 unspecified atom stereocenters. The van der Waals surface area contributed by atoms with E-state index >= 15 is 0 Å². The van der Waals surface area contributed by atoms with Gasteiger partial charge in [-0.05, 0) is 61.6 Å². The molecule has 1 aliphatic carbocycles. The first kappa shape index (κ1) is 21.9. The molecule has 2 N–H and O–H groups in total. The van der Waals surface area contributed by atoms with E-state index in [9.17, 15) is 14.3 Å². The van der Waals surface area contributed by atoms with Gasteiger partial charge < -0.3 is 19.7 Å². The average Bonchev–Trinajstić information content (AvgIpc) is 3.63. The highest BCUT2D eigenvalue weighted by molar-refractivity contribution is 5.91. The molecule has 34 heavy (non-hydrogen) atoms. The minimum absolute atomic E-state index is 0.288. The van der Waals surface area contributed by atoms with Crippen LogP contribution in [0.15, 0.2) is 48.8 Å². The summed E-state index contributed by atoms with van der Waals surface area (Å²) in [6.45, 7) is 3.01. The van der Waals surface area contributed by atoms with Crippen LogP contribution in [0.3, 0.4) is 0 Å². The zero-order valence-electron chi connectivity index (χ0n) is 19.0. The fourth-order valence-electron chi connectivity index (χ4n) is 4.46. The topological polar surface area (TPSA) is 89.3 Å². The molecule has 2 aromatic carbocycles. The predicted octanol–water partition coefficient (Wildman–Crippen LogP) is 5.24. The quantitative estimate of drug-likeness (QED) is 0.374. The minimum Gasteiger partial charge on any atom is -0.496 e. The molecule has 0 bridgehead atoms. The molecular formula is C26H25FN4O3. The van der Waals surface area contributed by atoms with Crippen molar-refractivity contribution < 1.29 is 19.0 Å². The number of carbonyl (C=O) groups is 1. The van der Waals surface area contributed by atoms with Crippen molar-refractivity contribution in [2.24, 2.45) is 0 Å². The van der Waals surface area contributed by atoms with Crippen LogP contribution < -0.4 is 10.1 Å². The van der Waals surface area contributed by atoms with E-state index in [1.54, 1.807) is 25.3 Å². The van der Waals surface area contributed by atoms with Crippen LogP contribution in [0.4, 0.5) is 10.2 Å². The van der Waals surface area contributed by atoms with Crippen LogP contribution in [0, 0.1) is 12.7 Å². The number of hydrogen-bond acceptors (Lipinski definition) is 5. The van der Waals surface area contributed by atoms with Gasteiger partial charge in [-0.15, -0.1) is 0 Å². The minimum atomic E-state index is -0.902. The van der Waals surface area contributed by atoms with Gasteiger partial charge in [-0.3, -0.25) is 0 Å². The van der Waals surface area contributed by atoms with Crippen LogP contribution in [-0.2, 0) is 6.54 Å². The lowest BCUT2D eigenvalue weighted by atomic mass is 9.98. The second-order valence-electron chi connectivity index (χ2n) is 8.55. The first-order valence-electron chi connectivity index (χ1n) is 11.2. The molecule has 0 atom stereocenters.